The van der Waals surface area contributed by atoms with Gasteiger partial charge in [-0.2, -0.15) is 5.26 Å². The second kappa shape index (κ2) is 7.64. The Labute approximate surface area is 122 Å². The molecule has 4 nitrogen and oxygen atoms in total. The van der Waals surface area contributed by atoms with Crippen LogP contribution < -0.4 is 5.32 Å². The number of carbonyl (C=O) groups is 1. The molecule has 4 heteroatoms. The number of nitrogens with one attached hydrogen (secondary N) is 1. The quantitative estimate of drug-likeness (QED) is 0.779. The second-order valence-corrected chi connectivity index (χ2v) is 6.30. The fourth-order valence-electron chi connectivity index (χ4n) is 2.87. The summed E-state index contributed by atoms with van der Waals surface area (Å²) in [5, 5.41) is 12.5. The van der Waals surface area contributed by atoms with Crippen molar-refractivity contribution in [3.05, 3.63) is 0 Å². The second-order valence-electron chi connectivity index (χ2n) is 6.30. The zero-order chi connectivity index (χ0) is 15.1. The fraction of sp³-hybridized carbons (Fsp3) is 0.875. The average molecular weight is 280 g/mol. The van der Waals surface area contributed by atoms with Crippen molar-refractivity contribution in [3.63, 3.8) is 0 Å². The number of nitrogens with zero attached hydrogens (tertiary/aromatic N) is 1. The van der Waals surface area contributed by atoms with Crippen molar-refractivity contribution >= 4 is 5.91 Å². The number of hydrogen-bond donors (Lipinski definition) is 1. The number of carbonyl (C=O) groups excluding carboxylic acids is 1. The third-order valence-corrected chi connectivity index (χ3v) is 4.38. The molecule has 0 atom stereocenters. The van der Waals surface area contributed by atoms with Crippen LogP contribution in [0.5, 0.6) is 0 Å². The van der Waals surface area contributed by atoms with Crippen LogP contribution in [-0.4, -0.2) is 25.7 Å². The van der Waals surface area contributed by atoms with Crippen LogP contribution in [0.4, 0.5) is 0 Å². The first-order valence-corrected chi connectivity index (χ1v) is 7.79. The van der Waals surface area contributed by atoms with Gasteiger partial charge in [0.25, 0.3) is 0 Å². The Kier molecular flexibility index (Phi) is 6.48. The highest BCUT2D eigenvalue weighted by atomic mass is 16.5. The van der Waals surface area contributed by atoms with E-state index in [9.17, 15) is 10.1 Å². The summed E-state index contributed by atoms with van der Waals surface area (Å²) >= 11 is 0. The summed E-state index contributed by atoms with van der Waals surface area (Å²) < 4.78 is 5.37. The van der Waals surface area contributed by atoms with Crippen molar-refractivity contribution in [1.29, 1.82) is 5.26 Å². The van der Waals surface area contributed by atoms with E-state index in [0.29, 0.717) is 19.4 Å². The third kappa shape index (κ3) is 4.21. The minimum Gasteiger partial charge on any atom is -0.381 e. The van der Waals surface area contributed by atoms with E-state index in [-0.39, 0.29) is 11.3 Å². The predicted octanol–water partition coefficient (Wildman–Crippen LogP) is 3.03. The molecule has 0 spiro atoms. The van der Waals surface area contributed by atoms with Gasteiger partial charge in [-0.25, -0.2) is 0 Å². The molecule has 1 aliphatic heterocycles. The Balaban J connectivity index is 2.64. The maximum absolute atomic E-state index is 12.5. The van der Waals surface area contributed by atoms with Crippen molar-refractivity contribution in [3.8, 4) is 6.07 Å². The van der Waals surface area contributed by atoms with Gasteiger partial charge in [0.2, 0.25) is 5.91 Å². The largest absolute Gasteiger partial charge is 0.381 e. The highest BCUT2D eigenvalue weighted by Crippen LogP contribution is 2.32. The summed E-state index contributed by atoms with van der Waals surface area (Å²) in [6.45, 7) is 8.40. The lowest BCUT2D eigenvalue weighted by Gasteiger charge is -2.35. The Bertz CT molecular complexity index is 348. The van der Waals surface area contributed by atoms with Crippen molar-refractivity contribution < 1.29 is 9.53 Å². The number of amides is 1. The van der Waals surface area contributed by atoms with E-state index in [4.69, 9.17) is 4.74 Å². The molecule has 0 bridgehead atoms. The van der Waals surface area contributed by atoms with Gasteiger partial charge >= 0.3 is 0 Å². The average Bonchev–Trinajstić information content (AvgIpc) is 2.45. The zero-order valence-corrected chi connectivity index (χ0v) is 13.1. The van der Waals surface area contributed by atoms with E-state index in [1.165, 1.54) is 0 Å². The lowest BCUT2D eigenvalue weighted by Crippen LogP contribution is -2.45. The molecule has 1 fully saturated rings. The third-order valence-electron chi connectivity index (χ3n) is 4.38. The van der Waals surface area contributed by atoms with Crippen LogP contribution in [-0.2, 0) is 9.53 Å². The first kappa shape index (κ1) is 17.0. The van der Waals surface area contributed by atoms with Crippen LogP contribution in [0.15, 0.2) is 0 Å². The van der Waals surface area contributed by atoms with Gasteiger partial charge in [-0.15, -0.1) is 0 Å². The number of rotatable bonds is 7. The Morgan fingerprint density at radius 2 is 1.85 bits per heavy atom. The van der Waals surface area contributed by atoms with Crippen LogP contribution in [0.1, 0.15) is 59.3 Å². The van der Waals surface area contributed by atoms with Crippen LogP contribution in [0.2, 0.25) is 0 Å². The Hall–Kier alpha value is -1.08. The van der Waals surface area contributed by atoms with E-state index in [2.05, 4.69) is 18.3 Å². The summed E-state index contributed by atoms with van der Waals surface area (Å²) in [5.41, 5.74) is -0.738. The summed E-state index contributed by atoms with van der Waals surface area (Å²) in [4.78, 5) is 12.5. The highest BCUT2D eigenvalue weighted by Gasteiger charge is 2.38. The van der Waals surface area contributed by atoms with E-state index >= 15 is 0 Å². The van der Waals surface area contributed by atoms with Gasteiger partial charge in [0.15, 0.2) is 0 Å². The van der Waals surface area contributed by atoms with E-state index in [1.54, 1.807) is 0 Å². The summed E-state index contributed by atoms with van der Waals surface area (Å²) in [6.07, 6.45) is 4.92. The topological polar surface area (TPSA) is 62.1 Å². The molecule has 1 saturated heterocycles. The molecule has 114 valence electrons. The van der Waals surface area contributed by atoms with Crippen molar-refractivity contribution in [2.75, 3.05) is 19.8 Å². The molecule has 20 heavy (non-hydrogen) atoms. The smallest absolute Gasteiger partial charge is 0.240 e. The standard InChI is InChI=1S/C16H28N2O2/c1-4-6-16(12-17,7-5-2)14(19)18-13-15(3)8-10-20-11-9-15/h4-11,13H2,1-3H3,(H,18,19). The molecule has 0 unspecified atom stereocenters. The summed E-state index contributed by atoms with van der Waals surface area (Å²) in [7, 11) is 0. The molecular weight excluding hydrogens is 252 g/mol. The van der Waals surface area contributed by atoms with Gasteiger partial charge in [-0.1, -0.05) is 33.6 Å². The monoisotopic (exact) mass is 280 g/mol. The van der Waals surface area contributed by atoms with Crippen molar-refractivity contribution in [1.82, 2.24) is 5.32 Å². The van der Waals surface area contributed by atoms with Gasteiger partial charge in [0, 0.05) is 19.8 Å². The first-order valence-electron chi connectivity index (χ1n) is 7.79. The van der Waals surface area contributed by atoms with E-state index in [1.807, 2.05) is 13.8 Å². The maximum atomic E-state index is 12.5. The lowest BCUT2D eigenvalue weighted by atomic mass is 9.78. The predicted molar refractivity (Wildman–Crippen MR) is 79.0 cm³/mol. The van der Waals surface area contributed by atoms with Gasteiger partial charge < -0.3 is 10.1 Å². The molecule has 1 aliphatic rings. The Morgan fingerprint density at radius 3 is 2.30 bits per heavy atom. The van der Waals surface area contributed by atoms with Crippen LogP contribution in [0, 0.1) is 22.2 Å². The molecule has 1 N–H and O–H groups in total. The molecule has 0 aromatic heterocycles. The SMILES string of the molecule is CCCC(C#N)(CCC)C(=O)NCC1(C)CCOCC1. The lowest BCUT2D eigenvalue weighted by molar-refractivity contribution is -0.129. The van der Waals surface area contributed by atoms with Crippen molar-refractivity contribution in [2.45, 2.75) is 59.3 Å². The Morgan fingerprint density at radius 1 is 1.30 bits per heavy atom. The molecule has 0 aromatic rings. The number of hydrogen-bond acceptors (Lipinski definition) is 3. The van der Waals surface area contributed by atoms with E-state index in [0.717, 1.165) is 38.9 Å². The van der Waals surface area contributed by atoms with Gasteiger partial charge in [0.1, 0.15) is 5.41 Å². The first-order chi connectivity index (χ1) is 9.52. The summed E-state index contributed by atoms with van der Waals surface area (Å²) in [5.74, 6) is -0.0867. The van der Waals surface area contributed by atoms with E-state index < -0.39 is 5.41 Å². The fourth-order valence-corrected chi connectivity index (χ4v) is 2.87. The van der Waals surface area contributed by atoms with Crippen LogP contribution in [0.25, 0.3) is 0 Å². The molecule has 0 aliphatic carbocycles. The molecular formula is C16H28N2O2. The molecule has 0 saturated carbocycles. The highest BCUT2D eigenvalue weighted by molar-refractivity contribution is 5.85. The molecule has 1 amide bonds. The van der Waals surface area contributed by atoms with Crippen LogP contribution >= 0.6 is 0 Å². The number of ether oxygens (including phenoxy) is 1. The van der Waals surface area contributed by atoms with Crippen LogP contribution in [0.3, 0.4) is 0 Å². The summed E-state index contributed by atoms with van der Waals surface area (Å²) in [6, 6.07) is 2.28. The molecule has 0 radical (unpaired) electrons. The van der Waals surface area contributed by atoms with Gasteiger partial charge in [0.05, 0.1) is 6.07 Å². The molecule has 1 rings (SSSR count). The minimum absolute atomic E-state index is 0.0867. The minimum atomic E-state index is -0.842. The van der Waals surface area contributed by atoms with Gasteiger partial charge in [-0.05, 0) is 31.1 Å². The normalized spacial score (nSPS) is 18.3. The van der Waals surface area contributed by atoms with Crippen molar-refractivity contribution in [2.24, 2.45) is 10.8 Å². The molecule has 0 aromatic carbocycles. The van der Waals surface area contributed by atoms with Gasteiger partial charge in [-0.3, -0.25) is 4.79 Å². The zero-order valence-electron chi connectivity index (χ0n) is 13.1. The number of nitriles is 1. The molecule has 1 heterocycles. The maximum Gasteiger partial charge on any atom is 0.240 e.